The van der Waals surface area contributed by atoms with Crippen LogP contribution in [-0.4, -0.2) is 81.0 Å². The lowest BCUT2D eigenvalue weighted by Crippen LogP contribution is -2.60. The normalized spacial score (nSPS) is 22.5. The highest BCUT2D eigenvalue weighted by atomic mass is 127. The van der Waals surface area contributed by atoms with Gasteiger partial charge in [0.05, 0.1) is 10.5 Å². The number of hydrogen-bond donors (Lipinski definition) is 1. The Bertz CT molecular complexity index is 811. The first-order valence-electron chi connectivity index (χ1n) is 9.52. The number of benzene rings is 1. The average Bonchev–Trinajstić information content (AvgIpc) is 2.98. The molecule has 1 aliphatic heterocycles. The van der Waals surface area contributed by atoms with Crippen LogP contribution in [0.25, 0.3) is 0 Å². The molecule has 0 unspecified atom stereocenters. The van der Waals surface area contributed by atoms with E-state index in [2.05, 4.69) is 58.5 Å². The zero-order valence-corrected chi connectivity index (χ0v) is 20.7. The molecule has 0 aromatic heterocycles. The Morgan fingerprint density at radius 2 is 1.79 bits per heavy atom. The molecular formula is C20H33IN4O2S. The molecule has 0 amide bonds. The van der Waals surface area contributed by atoms with Crippen LogP contribution in [0, 0.1) is 0 Å². The van der Waals surface area contributed by atoms with Gasteiger partial charge in [-0.1, -0.05) is 24.3 Å². The van der Waals surface area contributed by atoms with Crippen molar-refractivity contribution < 1.29 is 8.42 Å². The van der Waals surface area contributed by atoms with Crippen LogP contribution in [0.2, 0.25) is 0 Å². The van der Waals surface area contributed by atoms with Gasteiger partial charge in [-0.05, 0) is 51.9 Å². The van der Waals surface area contributed by atoms with Crippen molar-refractivity contribution >= 4 is 39.8 Å². The summed E-state index contributed by atoms with van der Waals surface area (Å²) in [7, 11) is 2.97. The Labute approximate surface area is 186 Å². The molecule has 0 spiro atoms. The van der Waals surface area contributed by atoms with Gasteiger partial charge in [-0.2, -0.15) is 0 Å². The van der Waals surface area contributed by atoms with Gasteiger partial charge in [0.1, 0.15) is 0 Å². The molecule has 0 saturated carbocycles. The van der Waals surface area contributed by atoms with Crippen molar-refractivity contribution in [1.29, 1.82) is 0 Å². The molecule has 1 aromatic carbocycles. The van der Waals surface area contributed by atoms with Crippen LogP contribution in [0.15, 0.2) is 29.3 Å². The summed E-state index contributed by atoms with van der Waals surface area (Å²) in [6.07, 6.45) is 2.00. The Balaban J connectivity index is 0.00000280. The van der Waals surface area contributed by atoms with E-state index in [0.717, 1.165) is 25.3 Å². The van der Waals surface area contributed by atoms with Crippen molar-refractivity contribution in [1.82, 2.24) is 15.1 Å². The molecule has 0 bridgehead atoms. The molecule has 0 radical (unpaired) electrons. The summed E-state index contributed by atoms with van der Waals surface area (Å²) in [5.74, 6) is 0.959. The fraction of sp³-hybridized carbons (Fsp3) is 0.650. The molecule has 1 N–H and O–H groups in total. The summed E-state index contributed by atoms with van der Waals surface area (Å²) in [5, 5.41) is 3.54. The molecule has 1 aliphatic carbocycles. The quantitative estimate of drug-likeness (QED) is 0.374. The maximum Gasteiger partial charge on any atom is 0.193 e. The summed E-state index contributed by atoms with van der Waals surface area (Å²) in [4.78, 5) is 8.82. The largest absolute Gasteiger partial charge is 0.354 e. The van der Waals surface area contributed by atoms with Gasteiger partial charge in [-0.3, -0.25) is 4.99 Å². The first-order valence-corrected chi connectivity index (χ1v) is 11.2. The van der Waals surface area contributed by atoms with E-state index in [1.54, 1.807) is 20.9 Å². The van der Waals surface area contributed by atoms with Crippen molar-refractivity contribution in [3.63, 3.8) is 0 Å². The summed E-state index contributed by atoms with van der Waals surface area (Å²) in [6.45, 7) is 5.32. The molecule has 3 rings (SSSR count). The van der Waals surface area contributed by atoms with Gasteiger partial charge >= 0.3 is 0 Å². The molecule has 1 heterocycles. The van der Waals surface area contributed by atoms with E-state index < -0.39 is 14.6 Å². The minimum absolute atomic E-state index is 0. The van der Waals surface area contributed by atoms with Gasteiger partial charge < -0.3 is 15.1 Å². The van der Waals surface area contributed by atoms with Crippen LogP contribution in [-0.2, 0) is 22.7 Å². The fourth-order valence-electron chi connectivity index (χ4n) is 4.17. The van der Waals surface area contributed by atoms with Gasteiger partial charge in [0.2, 0.25) is 0 Å². The number of likely N-dealkylation sites (N-methyl/N-ethyl adjacent to an activating group) is 1. The monoisotopic (exact) mass is 520 g/mol. The van der Waals surface area contributed by atoms with E-state index in [-0.39, 0.29) is 35.3 Å². The zero-order chi connectivity index (χ0) is 19.9. The Kier molecular flexibility index (Phi) is 7.08. The molecule has 28 heavy (non-hydrogen) atoms. The minimum atomic E-state index is -3.06. The van der Waals surface area contributed by atoms with Crippen LogP contribution in [0.5, 0.6) is 0 Å². The lowest BCUT2D eigenvalue weighted by atomic mass is 9.94. The SMILES string of the molecule is CN=C(NCC1(N(C)C)Cc2ccccc2C1)N1CCS(=O)(=O)C(C)(C)C1.I. The number of fused-ring (bicyclic) bond motifs is 1. The molecule has 8 heteroatoms. The van der Waals surface area contributed by atoms with E-state index in [4.69, 9.17) is 0 Å². The number of nitrogens with one attached hydrogen (secondary N) is 1. The molecule has 158 valence electrons. The molecule has 0 atom stereocenters. The van der Waals surface area contributed by atoms with Crippen LogP contribution >= 0.6 is 24.0 Å². The number of hydrogen-bond acceptors (Lipinski definition) is 4. The van der Waals surface area contributed by atoms with E-state index >= 15 is 0 Å². The third-order valence-corrected chi connectivity index (χ3v) is 8.77. The van der Waals surface area contributed by atoms with E-state index in [1.165, 1.54) is 11.1 Å². The standard InChI is InChI=1S/C20H32N4O2S.HI/c1-19(2)15-24(10-11-27(19,25)26)18(21-3)22-14-20(23(4)5)12-16-8-6-7-9-17(16)13-20;/h6-9H,10-15H2,1-5H3,(H,21,22);1H. The van der Waals surface area contributed by atoms with Crippen molar-refractivity contribution in [2.75, 3.05) is 46.5 Å². The molecular weight excluding hydrogens is 487 g/mol. The predicted molar refractivity (Wildman–Crippen MR) is 126 cm³/mol. The highest BCUT2D eigenvalue weighted by Gasteiger charge is 2.42. The highest BCUT2D eigenvalue weighted by molar-refractivity contribution is 14.0. The van der Waals surface area contributed by atoms with Gasteiger partial charge in [-0.25, -0.2) is 8.42 Å². The van der Waals surface area contributed by atoms with Gasteiger partial charge in [-0.15, -0.1) is 24.0 Å². The van der Waals surface area contributed by atoms with Gasteiger partial charge in [0.25, 0.3) is 0 Å². The van der Waals surface area contributed by atoms with Crippen LogP contribution in [0.1, 0.15) is 25.0 Å². The Morgan fingerprint density at radius 1 is 1.21 bits per heavy atom. The predicted octanol–water partition coefficient (Wildman–Crippen LogP) is 1.79. The smallest absolute Gasteiger partial charge is 0.193 e. The lowest BCUT2D eigenvalue weighted by Gasteiger charge is -2.41. The molecule has 2 aliphatic rings. The van der Waals surface area contributed by atoms with Gasteiger partial charge in [0.15, 0.2) is 15.8 Å². The molecule has 1 aromatic rings. The lowest BCUT2D eigenvalue weighted by molar-refractivity contribution is 0.163. The number of rotatable bonds is 3. The topological polar surface area (TPSA) is 65.0 Å². The van der Waals surface area contributed by atoms with E-state index in [1.807, 2.05) is 0 Å². The molecule has 1 fully saturated rings. The maximum atomic E-state index is 12.3. The number of guanidine groups is 1. The Hall–Kier alpha value is -0.870. The summed E-state index contributed by atoms with van der Waals surface area (Å²) in [6, 6.07) is 8.64. The Morgan fingerprint density at radius 3 is 2.25 bits per heavy atom. The van der Waals surface area contributed by atoms with Crippen LogP contribution in [0.3, 0.4) is 0 Å². The number of sulfone groups is 1. The number of nitrogens with zero attached hydrogens (tertiary/aromatic N) is 3. The second kappa shape index (κ2) is 8.47. The summed E-state index contributed by atoms with van der Waals surface area (Å²) >= 11 is 0. The average molecular weight is 520 g/mol. The minimum Gasteiger partial charge on any atom is -0.354 e. The number of aliphatic imine (C=N–C) groups is 1. The van der Waals surface area contributed by atoms with Crippen molar-refractivity contribution in [3.8, 4) is 0 Å². The zero-order valence-electron chi connectivity index (χ0n) is 17.5. The van der Waals surface area contributed by atoms with Crippen LogP contribution in [0.4, 0.5) is 0 Å². The first-order chi connectivity index (χ1) is 12.6. The summed E-state index contributed by atoms with van der Waals surface area (Å²) < 4.78 is 23.8. The van der Waals surface area contributed by atoms with Crippen LogP contribution < -0.4 is 5.32 Å². The second-order valence-electron chi connectivity index (χ2n) is 8.64. The fourth-order valence-corrected chi connectivity index (χ4v) is 5.54. The number of halogens is 1. The van der Waals surface area contributed by atoms with E-state index in [0.29, 0.717) is 13.1 Å². The van der Waals surface area contributed by atoms with Crippen molar-refractivity contribution in [2.24, 2.45) is 4.99 Å². The maximum absolute atomic E-state index is 12.3. The van der Waals surface area contributed by atoms with E-state index in [9.17, 15) is 8.42 Å². The first kappa shape index (κ1) is 23.4. The summed E-state index contributed by atoms with van der Waals surface area (Å²) in [5.41, 5.74) is 2.82. The molecule has 6 nitrogen and oxygen atoms in total. The van der Waals surface area contributed by atoms with Gasteiger partial charge in [0, 0.05) is 32.2 Å². The second-order valence-corrected chi connectivity index (χ2v) is 11.4. The molecule has 1 saturated heterocycles. The highest BCUT2D eigenvalue weighted by Crippen LogP contribution is 2.33. The van der Waals surface area contributed by atoms with Crippen molar-refractivity contribution in [2.45, 2.75) is 37.0 Å². The third-order valence-electron chi connectivity index (χ3n) is 6.24. The third kappa shape index (κ3) is 4.33. The van der Waals surface area contributed by atoms with Crippen molar-refractivity contribution in [3.05, 3.63) is 35.4 Å².